The molecule has 19 heavy (non-hydrogen) atoms. The molecule has 0 aromatic heterocycles. The molecule has 0 aliphatic heterocycles. The maximum absolute atomic E-state index is 2.35. The highest BCUT2D eigenvalue weighted by molar-refractivity contribution is 6.28. The van der Waals surface area contributed by atoms with E-state index in [9.17, 15) is 0 Å². The third-order valence-electron chi connectivity index (χ3n) is 4.49. The van der Waals surface area contributed by atoms with Crippen molar-refractivity contribution in [2.24, 2.45) is 0 Å². The molecular weight excluding hydrogens is 228 g/mol. The van der Waals surface area contributed by atoms with Gasteiger partial charge in [-0.05, 0) is 62.0 Å². The Bertz CT molecular complexity index is 1000. The fourth-order valence-corrected chi connectivity index (χ4v) is 3.56. The topological polar surface area (TPSA) is 0 Å². The maximum atomic E-state index is 2.35. The first-order valence-corrected chi connectivity index (χ1v) is 6.72. The molecule has 0 N–H and O–H groups in total. The summed E-state index contributed by atoms with van der Waals surface area (Å²) in [5, 5.41) is 8.41. The molecule has 1 aliphatic rings. The van der Waals surface area contributed by atoms with Crippen molar-refractivity contribution in [3.05, 3.63) is 59.2 Å². The van der Waals surface area contributed by atoms with E-state index in [1.165, 1.54) is 49.0 Å². The van der Waals surface area contributed by atoms with Crippen molar-refractivity contribution in [3.63, 3.8) is 0 Å². The van der Waals surface area contributed by atoms with Crippen LogP contribution in [0.3, 0.4) is 0 Å². The van der Waals surface area contributed by atoms with Gasteiger partial charge >= 0.3 is 0 Å². The SMILES string of the molecule is Cc1ccc2ccc3ccc4c5c(cc1c2c35)C=C4. The van der Waals surface area contributed by atoms with Gasteiger partial charge in [0.15, 0.2) is 0 Å². The molecule has 0 unspecified atom stereocenters. The van der Waals surface area contributed by atoms with Crippen LogP contribution in [-0.4, -0.2) is 0 Å². The van der Waals surface area contributed by atoms with E-state index < -0.39 is 0 Å². The van der Waals surface area contributed by atoms with Crippen LogP contribution in [-0.2, 0) is 0 Å². The summed E-state index contributed by atoms with van der Waals surface area (Å²) in [4.78, 5) is 0. The smallest absolute Gasteiger partial charge is 0.00147 e. The highest BCUT2D eigenvalue weighted by Crippen LogP contribution is 2.42. The summed E-state index contributed by atoms with van der Waals surface area (Å²) in [6.45, 7) is 2.21. The molecular formula is C19H12. The first-order chi connectivity index (χ1) is 9.33. The lowest BCUT2D eigenvalue weighted by Crippen LogP contribution is -1.88. The van der Waals surface area contributed by atoms with E-state index in [2.05, 4.69) is 61.5 Å². The van der Waals surface area contributed by atoms with Gasteiger partial charge in [0.2, 0.25) is 0 Å². The van der Waals surface area contributed by atoms with Crippen molar-refractivity contribution < 1.29 is 0 Å². The molecule has 5 rings (SSSR count). The molecule has 0 saturated heterocycles. The summed E-state index contributed by atoms with van der Waals surface area (Å²) in [7, 11) is 0. The zero-order valence-electron chi connectivity index (χ0n) is 10.7. The predicted molar refractivity (Wildman–Crippen MR) is 83.8 cm³/mol. The summed E-state index contributed by atoms with van der Waals surface area (Å²) in [5.41, 5.74) is 4.09. The Morgan fingerprint density at radius 2 is 1.32 bits per heavy atom. The fourth-order valence-electron chi connectivity index (χ4n) is 3.56. The third kappa shape index (κ3) is 1.01. The van der Waals surface area contributed by atoms with Gasteiger partial charge in [-0.2, -0.15) is 0 Å². The lowest BCUT2D eigenvalue weighted by atomic mass is 9.89. The lowest BCUT2D eigenvalue weighted by Gasteiger charge is -2.14. The van der Waals surface area contributed by atoms with Crippen LogP contribution in [0.1, 0.15) is 16.7 Å². The number of benzene rings is 4. The minimum absolute atomic E-state index is 1.35. The summed E-state index contributed by atoms with van der Waals surface area (Å²) in [5.74, 6) is 0. The minimum Gasteiger partial charge on any atom is -0.0581 e. The van der Waals surface area contributed by atoms with Gasteiger partial charge in [-0.25, -0.2) is 0 Å². The molecule has 0 heterocycles. The molecule has 1 aliphatic carbocycles. The van der Waals surface area contributed by atoms with Crippen LogP contribution in [0.15, 0.2) is 42.5 Å². The highest BCUT2D eigenvalue weighted by Gasteiger charge is 2.16. The zero-order valence-corrected chi connectivity index (χ0v) is 10.7. The Morgan fingerprint density at radius 1 is 0.632 bits per heavy atom. The molecule has 0 heteroatoms. The second kappa shape index (κ2) is 2.97. The van der Waals surface area contributed by atoms with Gasteiger partial charge < -0.3 is 0 Å². The monoisotopic (exact) mass is 240 g/mol. The van der Waals surface area contributed by atoms with E-state index in [0.29, 0.717) is 0 Å². The van der Waals surface area contributed by atoms with E-state index in [1.807, 2.05) is 0 Å². The van der Waals surface area contributed by atoms with E-state index in [4.69, 9.17) is 0 Å². The molecule has 4 aromatic carbocycles. The second-order valence-corrected chi connectivity index (χ2v) is 5.52. The summed E-state index contributed by atoms with van der Waals surface area (Å²) < 4.78 is 0. The standard InChI is InChI=1S/C19H12/c1-11-2-3-13-5-7-14-6-4-12-8-9-15-10-16(11)18(13)19(14)17(12)15/h2-10H,1H3. The van der Waals surface area contributed by atoms with Crippen LogP contribution in [0.4, 0.5) is 0 Å². The Morgan fingerprint density at radius 3 is 2.21 bits per heavy atom. The Kier molecular flexibility index (Phi) is 1.50. The second-order valence-electron chi connectivity index (χ2n) is 5.52. The molecule has 0 saturated carbocycles. The quantitative estimate of drug-likeness (QED) is 0.319. The van der Waals surface area contributed by atoms with Crippen molar-refractivity contribution in [2.75, 3.05) is 0 Å². The van der Waals surface area contributed by atoms with E-state index >= 15 is 0 Å². The summed E-state index contributed by atoms with van der Waals surface area (Å²) in [6, 6.07) is 15.8. The highest BCUT2D eigenvalue weighted by atomic mass is 14.2. The number of aryl methyl sites for hydroxylation is 1. The van der Waals surface area contributed by atoms with Crippen LogP contribution in [0.25, 0.3) is 44.5 Å². The van der Waals surface area contributed by atoms with Gasteiger partial charge in [0.05, 0.1) is 0 Å². The largest absolute Gasteiger partial charge is 0.0581 e. The number of rotatable bonds is 0. The van der Waals surface area contributed by atoms with Gasteiger partial charge in [0.1, 0.15) is 0 Å². The van der Waals surface area contributed by atoms with Crippen molar-refractivity contribution in [1.29, 1.82) is 0 Å². The van der Waals surface area contributed by atoms with Gasteiger partial charge in [0.25, 0.3) is 0 Å². The van der Waals surface area contributed by atoms with Gasteiger partial charge in [-0.15, -0.1) is 0 Å². The van der Waals surface area contributed by atoms with Crippen LogP contribution in [0, 0.1) is 6.92 Å². The van der Waals surface area contributed by atoms with E-state index in [-0.39, 0.29) is 0 Å². The van der Waals surface area contributed by atoms with Crippen molar-refractivity contribution in [1.82, 2.24) is 0 Å². The minimum atomic E-state index is 1.35. The summed E-state index contributed by atoms with van der Waals surface area (Å²) in [6.07, 6.45) is 4.49. The Hall–Kier alpha value is -2.34. The molecule has 4 aromatic rings. The predicted octanol–water partition coefficient (Wildman–Crippen LogP) is 5.38. The van der Waals surface area contributed by atoms with Crippen LogP contribution >= 0.6 is 0 Å². The molecule has 0 amide bonds. The molecule has 0 radical (unpaired) electrons. The van der Waals surface area contributed by atoms with E-state index in [0.717, 1.165) is 0 Å². The van der Waals surface area contributed by atoms with Crippen molar-refractivity contribution >= 4 is 44.5 Å². The average molecular weight is 240 g/mol. The first kappa shape index (κ1) is 9.57. The number of hydrogen-bond donors (Lipinski definition) is 0. The molecule has 0 spiro atoms. The average Bonchev–Trinajstić information content (AvgIpc) is 2.86. The van der Waals surface area contributed by atoms with Crippen LogP contribution < -0.4 is 0 Å². The maximum Gasteiger partial charge on any atom is -0.00147 e. The molecule has 0 nitrogen and oxygen atoms in total. The normalized spacial score (nSPS) is 13.3. The van der Waals surface area contributed by atoms with E-state index in [1.54, 1.807) is 0 Å². The third-order valence-corrected chi connectivity index (χ3v) is 4.49. The van der Waals surface area contributed by atoms with Crippen LogP contribution in [0.2, 0.25) is 0 Å². The van der Waals surface area contributed by atoms with Gasteiger partial charge in [0, 0.05) is 0 Å². The van der Waals surface area contributed by atoms with Gasteiger partial charge in [-0.3, -0.25) is 0 Å². The van der Waals surface area contributed by atoms with Crippen molar-refractivity contribution in [2.45, 2.75) is 6.92 Å². The van der Waals surface area contributed by atoms with Crippen molar-refractivity contribution in [3.8, 4) is 0 Å². The van der Waals surface area contributed by atoms with Crippen LogP contribution in [0.5, 0.6) is 0 Å². The first-order valence-electron chi connectivity index (χ1n) is 6.72. The Balaban J connectivity index is 2.28. The fraction of sp³-hybridized carbons (Fsp3) is 0.0526. The zero-order chi connectivity index (χ0) is 12.6. The molecule has 0 bridgehead atoms. The molecule has 88 valence electrons. The van der Waals surface area contributed by atoms with Gasteiger partial charge in [-0.1, -0.05) is 48.6 Å². The molecule has 0 atom stereocenters. The molecule has 0 fully saturated rings. The summed E-state index contributed by atoms with van der Waals surface area (Å²) >= 11 is 0. The lowest BCUT2D eigenvalue weighted by molar-refractivity contribution is 1.55. The Labute approximate surface area is 111 Å². The number of hydrogen-bond acceptors (Lipinski definition) is 0.